The molecule has 0 saturated carbocycles. The van der Waals surface area contributed by atoms with Crippen molar-refractivity contribution in [2.24, 2.45) is 0 Å². The predicted molar refractivity (Wildman–Crippen MR) is 79.4 cm³/mol. The van der Waals surface area contributed by atoms with Crippen molar-refractivity contribution >= 4 is 11.6 Å². The van der Waals surface area contributed by atoms with Crippen LogP contribution in [-0.4, -0.2) is 36.5 Å². The van der Waals surface area contributed by atoms with Crippen LogP contribution in [0, 0.1) is 0 Å². The van der Waals surface area contributed by atoms with Crippen LogP contribution in [0.25, 0.3) is 0 Å². The number of hydrogen-bond acceptors (Lipinski definition) is 2. The van der Waals surface area contributed by atoms with E-state index in [0.717, 1.165) is 31.6 Å². The molecule has 104 valence electrons. The molecular weight excluding hydrogens is 236 g/mol. The standard InChI is InChI=1S/C16H24N2O/c1-3-17(15-10-5-4-6-11-15)13-16(19)18-12-8-7-9-14(18)2/h4-6,10-11,14H,3,7-9,12-13H2,1-2H3. The van der Waals surface area contributed by atoms with Gasteiger partial charge in [0.15, 0.2) is 0 Å². The van der Waals surface area contributed by atoms with Crippen LogP contribution in [0.15, 0.2) is 30.3 Å². The molecule has 19 heavy (non-hydrogen) atoms. The van der Waals surface area contributed by atoms with Crippen LogP contribution < -0.4 is 4.90 Å². The van der Waals surface area contributed by atoms with Crippen molar-refractivity contribution < 1.29 is 4.79 Å². The van der Waals surface area contributed by atoms with Gasteiger partial charge >= 0.3 is 0 Å². The van der Waals surface area contributed by atoms with Crippen LogP contribution in [0.2, 0.25) is 0 Å². The smallest absolute Gasteiger partial charge is 0.242 e. The molecular formula is C16H24N2O. The van der Waals surface area contributed by atoms with Gasteiger partial charge in [0, 0.05) is 24.8 Å². The monoisotopic (exact) mass is 260 g/mol. The minimum absolute atomic E-state index is 0.262. The summed E-state index contributed by atoms with van der Waals surface area (Å²) in [5.74, 6) is 0.262. The van der Waals surface area contributed by atoms with Crippen molar-refractivity contribution in [1.82, 2.24) is 4.90 Å². The number of piperidine rings is 1. The topological polar surface area (TPSA) is 23.6 Å². The minimum Gasteiger partial charge on any atom is -0.362 e. The van der Waals surface area contributed by atoms with E-state index in [2.05, 4.69) is 35.8 Å². The van der Waals surface area contributed by atoms with Crippen LogP contribution in [0.3, 0.4) is 0 Å². The van der Waals surface area contributed by atoms with Gasteiger partial charge < -0.3 is 9.80 Å². The number of nitrogens with zero attached hydrogens (tertiary/aromatic N) is 2. The first kappa shape index (κ1) is 13.9. The molecule has 1 aromatic rings. The highest BCUT2D eigenvalue weighted by atomic mass is 16.2. The van der Waals surface area contributed by atoms with E-state index in [4.69, 9.17) is 0 Å². The molecule has 2 rings (SSSR count). The lowest BCUT2D eigenvalue weighted by Gasteiger charge is -2.35. The highest BCUT2D eigenvalue weighted by molar-refractivity contribution is 5.81. The van der Waals surface area contributed by atoms with Crippen LogP contribution in [0.5, 0.6) is 0 Å². The summed E-state index contributed by atoms with van der Waals surface area (Å²) in [6.45, 7) is 6.53. The zero-order chi connectivity index (χ0) is 13.7. The number of likely N-dealkylation sites (N-methyl/N-ethyl adjacent to an activating group) is 1. The van der Waals surface area contributed by atoms with Crippen molar-refractivity contribution in [3.8, 4) is 0 Å². The number of hydrogen-bond donors (Lipinski definition) is 0. The molecule has 1 unspecified atom stereocenters. The van der Waals surface area contributed by atoms with Gasteiger partial charge in [0.25, 0.3) is 0 Å². The Hall–Kier alpha value is -1.51. The third-order valence-electron chi connectivity index (χ3n) is 3.95. The summed E-state index contributed by atoms with van der Waals surface area (Å²) in [5.41, 5.74) is 1.13. The second kappa shape index (κ2) is 6.60. The molecule has 1 fully saturated rings. The molecule has 1 aromatic carbocycles. The van der Waals surface area contributed by atoms with Gasteiger partial charge in [-0.05, 0) is 45.2 Å². The van der Waals surface area contributed by atoms with Gasteiger partial charge in [0.1, 0.15) is 0 Å². The third-order valence-corrected chi connectivity index (χ3v) is 3.95. The number of para-hydroxylation sites is 1. The zero-order valence-corrected chi connectivity index (χ0v) is 12.0. The summed E-state index contributed by atoms with van der Waals surface area (Å²) in [7, 11) is 0. The Labute approximate surface area is 116 Å². The highest BCUT2D eigenvalue weighted by Gasteiger charge is 2.24. The molecule has 0 spiro atoms. The molecule has 3 heteroatoms. The van der Waals surface area contributed by atoms with Crippen molar-refractivity contribution in [3.63, 3.8) is 0 Å². The van der Waals surface area contributed by atoms with Gasteiger partial charge in [-0.1, -0.05) is 18.2 Å². The van der Waals surface area contributed by atoms with Crippen molar-refractivity contribution in [2.75, 3.05) is 24.5 Å². The summed E-state index contributed by atoms with van der Waals surface area (Å²) in [6.07, 6.45) is 3.54. The Morgan fingerprint density at radius 2 is 2.05 bits per heavy atom. The number of rotatable bonds is 4. The van der Waals surface area contributed by atoms with E-state index in [1.54, 1.807) is 0 Å². The first-order valence-electron chi connectivity index (χ1n) is 7.32. The van der Waals surface area contributed by atoms with Crippen molar-refractivity contribution in [3.05, 3.63) is 30.3 Å². The van der Waals surface area contributed by atoms with E-state index in [1.807, 2.05) is 18.2 Å². The normalized spacial score (nSPS) is 19.3. The average Bonchev–Trinajstić information content (AvgIpc) is 2.46. The van der Waals surface area contributed by atoms with Crippen LogP contribution in [0.4, 0.5) is 5.69 Å². The summed E-state index contributed by atoms with van der Waals surface area (Å²) in [5, 5.41) is 0. The van der Waals surface area contributed by atoms with E-state index in [9.17, 15) is 4.79 Å². The number of carbonyl (C=O) groups excluding carboxylic acids is 1. The predicted octanol–water partition coefficient (Wildman–Crippen LogP) is 2.91. The van der Waals surface area contributed by atoms with Gasteiger partial charge in [-0.15, -0.1) is 0 Å². The fraction of sp³-hybridized carbons (Fsp3) is 0.562. The lowest BCUT2D eigenvalue weighted by Crippen LogP contribution is -2.47. The number of benzene rings is 1. The lowest BCUT2D eigenvalue weighted by molar-refractivity contribution is -0.132. The molecule has 1 atom stereocenters. The Balaban J connectivity index is 2.00. The molecule has 0 aromatic heterocycles. The summed E-state index contributed by atoms with van der Waals surface area (Å²) in [6, 6.07) is 10.6. The fourth-order valence-corrected chi connectivity index (χ4v) is 2.75. The highest BCUT2D eigenvalue weighted by Crippen LogP contribution is 2.18. The summed E-state index contributed by atoms with van der Waals surface area (Å²) in [4.78, 5) is 16.6. The number of anilines is 1. The van der Waals surface area contributed by atoms with Gasteiger partial charge in [-0.3, -0.25) is 4.79 Å². The molecule has 1 amide bonds. The third kappa shape index (κ3) is 3.49. The Kier molecular flexibility index (Phi) is 4.83. The van der Waals surface area contributed by atoms with Crippen LogP contribution in [0.1, 0.15) is 33.1 Å². The quantitative estimate of drug-likeness (QED) is 0.831. The van der Waals surface area contributed by atoms with Crippen LogP contribution in [-0.2, 0) is 4.79 Å². The summed E-state index contributed by atoms with van der Waals surface area (Å²) < 4.78 is 0. The first-order chi connectivity index (χ1) is 9.22. The molecule has 1 aliphatic heterocycles. The maximum Gasteiger partial charge on any atom is 0.242 e. The molecule has 3 nitrogen and oxygen atoms in total. The lowest BCUT2D eigenvalue weighted by atomic mass is 10.0. The van der Waals surface area contributed by atoms with E-state index >= 15 is 0 Å². The number of amides is 1. The minimum atomic E-state index is 0.262. The maximum absolute atomic E-state index is 12.4. The zero-order valence-electron chi connectivity index (χ0n) is 12.0. The number of likely N-dealkylation sites (tertiary alicyclic amines) is 1. The molecule has 0 N–H and O–H groups in total. The van der Waals surface area contributed by atoms with Crippen molar-refractivity contribution in [2.45, 2.75) is 39.2 Å². The molecule has 0 radical (unpaired) electrons. The first-order valence-corrected chi connectivity index (χ1v) is 7.32. The average molecular weight is 260 g/mol. The van der Waals surface area contributed by atoms with Crippen LogP contribution >= 0.6 is 0 Å². The fourth-order valence-electron chi connectivity index (χ4n) is 2.75. The van der Waals surface area contributed by atoms with Gasteiger partial charge in [-0.2, -0.15) is 0 Å². The van der Waals surface area contributed by atoms with E-state index in [0.29, 0.717) is 12.6 Å². The second-order valence-electron chi connectivity index (χ2n) is 5.28. The Bertz CT molecular complexity index is 404. The van der Waals surface area contributed by atoms with Crippen molar-refractivity contribution in [1.29, 1.82) is 0 Å². The largest absolute Gasteiger partial charge is 0.362 e. The maximum atomic E-state index is 12.4. The van der Waals surface area contributed by atoms with Gasteiger partial charge in [0.2, 0.25) is 5.91 Å². The SMILES string of the molecule is CCN(CC(=O)N1CCCCC1C)c1ccccc1. The molecule has 1 aliphatic rings. The molecule has 1 saturated heterocycles. The number of carbonyl (C=O) groups is 1. The molecule has 1 heterocycles. The van der Waals surface area contributed by atoms with E-state index < -0.39 is 0 Å². The Morgan fingerprint density at radius 1 is 1.32 bits per heavy atom. The van der Waals surface area contributed by atoms with Gasteiger partial charge in [-0.25, -0.2) is 0 Å². The van der Waals surface area contributed by atoms with Gasteiger partial charge in [0.05, 0.1) is 6.54 Å². The Morgan fingerprint density at radius 3 is 2.68 bits per heavy atom. The molecule has 0 bridgehead atoms. The second-order valence-corrected chi connectivity index (χ2v) is 5.28. The summed E-state index contributed by atoms with van der Waals surface area (Å²) >= 11 is 0. The molecule has 0 aliphatic carbocycles. The van der Waals surface area contributed by atoms with E-state index in [1.165, 1.54) is 6.42 Å². The van der Waals surface area contributed by atoms with E-state index in [-0.39, 0.29) is 5.91 Å².